The minimum absolute atomic E-state index is 0.173. The van der Waals surface area contributed by atoms with Gasteiger partial charge in [-0.3, -0.25) is 4.90 Å². The van der Waals surface area contributed by atoms with Crippen LogP contribution in [-0.4, -0.2) is 58.4 Å². The molecule has 0 bridgehead atoms. The van der Waals surface area contributed by atoms with Crippen LogP contribution >= 0.6 is 0 Å². The van der Waals surface area contributed by atoms with E-state index in [2.05, 4.69) is 22.5 Å². The predicted octanol–water partition coefficient (Wildman–Crippen LogP) is 3.20. The van der Waals surface area contributed by atoms with Crippen LogP contribution in [0.1, 0.15) is 37.1 Å². The van der Waals surface area contributed by atoms with E-state index in [1.54, 1.807) is 27.6 Å². The Balaban J connectivity index is 1.76. The number of ether oxygens (including phenoxy) is 3. The molecule has 1 aromatic carbocycles. The van der Waals surface area contributed by atoms with E-state index in [-0.39, 0.29) is 6.04 Å². The summed E-state index contributed by atoms with van der Waals surface area (Å²) in [5.41, 5.74) is 0.866. The summed E-state index contributed by atoms with van der Waals surface area (Å²) < 4.78 is 22.2. The molecule has 1 atom stereocenters. The zero-order chi connectivity index (χ0) is 22.1. The number of guanidine groups is 1. The first-order valence-corrected chi connectivity index (χ1v) is 10.8. The maximum absolute atomic E-state index is 5.73. The summed E-state index contributed by atoms with van der Waals surface area (Å²) in [6.45, 7) is 6.09. The van der Waals surface area contributed by atoms with Crippen molar-refractivity contribution in [2.75, 3.05) is 47.5 Å². The van der Waals surface area contributed by atoms with Gasteiger partial charge in [-0.2, -0.15) is 0 Å². The van der Waals surface area contributed by atoms with Crippen LogP contribution in [0, 0.1) is 0 Å². The molecule has 2 N–H and O–H groups in total. The van der Waals surface area contributed by atoms with Crippen LogP contribution in [-0.2, 0) is 6.54 Å². The molecule has 0 amide bonds. The van der Waals surface area contributed by atoms with Gasteiger partial charge in [-0.15, -0.1) is 0 Å². The first-order valence-electron chi connectivity index (χ1n) is 10.8. The normalized spacial score (nSPS) is 15.5. The lowest BCUT2D eigenvalue weighted by atomic mass is 10.1. The Morgan fingerprint density at radius 1 is 1.10 bits per heavy atom. The molecule has 1 aromatic heterocycles. The number of hydrogen-bond donors (Lipinski definition) is 2. The number of methoxy groups -OCH3 is 3. The molecule has 170 valence electrons. The number of benzene rings is 1. The molecular weight excluding hydrogens is 396 g/mol. The third kappa shape index (κ3) is 5.85. The highest BCUT2D eigenvalue weighted by Gasteiger charge is 2.25. The van der Waals surface area contributed by atoms with Gasteiger partial charge in [0, 0.05) is 25.2 Å². The van der Waals surface area contributed by atoms with E-state index in [0.29, 0.717) is 30.3 Å². The lowest BCUT2D eigenvalue weighted by Gasteiger charge is -2.26. The number of aliphatic imine (C=N–C) groups is 1. The lowest BCUT2D eigenvalue weighted by Crippen LogP contribution is -2.42. The number of nitrogens with zero attached hydrogens (tertiary/aromatic N) is 2. The topological polar surface area (TPSA) is 80.5 Å². The molecule has 8 nitrogen and oxygen atoms in total. The molecule has 31 heavy (non-hydrogen) atoms. The maximum atomic E-state index is 5.73. The molecular formula is C23H34N4O4. The van der Waals surface area contributed by atoms with E-state index >= 15 is 0 Å². The summed E-state index contributed by atoms with van der Waals surface area (Å²) in [6.07, 6.45) is 4.19. The fourth-order valence-electron chi connectivity index (χ4n) is 3.87. The van der Waals surface area contributed by atoms with E-state index in [4.69, 9.17) is 23.6 Å². The molecule has 0 spiro atoms. The minimum atomic E-state index is 0.173. The zero-order valence-corrected chi connectivity index (χ0v) is 18.9. The van der Waals surface area contributed by atoms with Crippen LogP contribution in [0.3, 0.4) is 0 Å². The summed E-state index contributed by atoms with van der Waals surface area (Å²) in [5, 5.41) is 6.81. The second-order valence-corrected chi connectivity index (χ2v) is 7.36. The molecule has 0 radical (unpaired) electrons. The van der Waals surface area contributed by atoms with Crippen LogP contribution < -0.4 is 24.8 Å². The molecule has 1 fully saturated rings. The van der Waals surface area contributed by atoms with E-state index < -0.39 is 0 Å². The van der Waals surface area contributed by atoms with Crippen LogP contribution in [0.5, 0.6) is 17.2 Å². The van der Waals surface area contributed by atoms with Gasteiger partial charge < -0.3 is 29.3 Å². The number of rotatable bonds is 10. The van der Waals surface area contributed by atoms with Crippen molar-refractivity contribution in [2.45, 2.75) is 32.4 Å². The number of hydrogen-bond acceptors (Lipinski definition) is 6. The Hall–Kier alpha value is -2.87. The smallest absolute Gasteiger partial charge is 0.191 e. The summed E-state index contributed by atoms with van der Waals surface area (Å²) in [4.78, 5) is 7.24. The fourth-order valence-corrected chi connectivity index (χ4v) is 3.87. The van der Waals surface area contributed by atoms with Gasteiger partial charge in [0.15, 0.2) is 5.96 Å². The van der Waals surface area contributed by atoms with E-state index in [1.807, 2.05) is 24.3 Å². The average molecular weight is 431 g/mol. The molecule has 0 aliphatic carbocycles. The van der Waals surface area contributed by atoms with Gasteiger partial charge in [-0.25, -0.2) is 4.99 Å². The Kier molecular flexibility index (Phi) is 8.46. The molecule has 1 saturated heterocycles. The van der Waals surface area contributed by atoms with Crippen molar-refractivity contribution in [3.8, 4) is 17.2 Å². The highest BCUT2D eigenvalue weighted by Crippen LogP contribution is 2.34. The monoisotopic (exact) mass is 430 g/mol. The fraction of sp³-hybridized carbons (Fsp3) is 0.522. The quantitative estimate of drug-likeness (QED) is 0.443. The Morgan fingerprint density at radius 3 is 2.35 bits per heavy atom. The van der Waals surface area contributed by atoms with Crippen LogP contribution in [0.15, 0.2) is 39.9 Å². The van der Waals surface area contributed by atoms with E-state index in [9.17, 15) is 0 Å². The van der Waals surface area contributed by atoms with Gasteiger partial charge >= 0.3 is 0 Å². The van der Waals surface area contributed by atoms with E-state index in [0.717, 1.165) is 36.9 Å². The van der Waals surface area contributed by atoms with Crippen molar-refractivity contribution in [1.82, 2.24) is 15.5 Å². The number of likely N-dealkylation sites (tertiary alicyclic amines) is 1. The largest absolute Gasteiger partial charge is 0.496 e. The summed E-state index contributed by atoms with van der Waals surface area (Å²) in [6, 6.07) is 7.84. The first kappa shape index (κ1) is 22.8. The lowest BCUT2D eigenvalue weighted by molar-refractivity contribution is 0.215. The summed E-state index contributed by atoms with van der Waals surface area (Å²) in [5.74, 6) is 3.75. The molecule has 2 aromatic rings. The number of nitrogens with one attached hydrogen (secondary N) is 2. The highest BCUT2D eigenvalue weighted by atomic mass is 16.5. The SMILES string of the molecule is CCNC(=NCc1c(OC)cc(OC)cc1OC)NCC(c1ccco1)N1CCCC1. The van der Waals surface area contributed by atoms with Crippen LogP contribution in [0.2, 0.25) is 0 Å². The molecule has 0 saturated carbocycles. The van der Waals surface area contributed by atoms with Gasteiger partial charge in [0.25, 0.3) is 0 Å². The van der Waals surface area contributed by atoms with Crippen molar-refractivity contribution < 1.29 is 18.6 Å². The van der Waals surface area contributed by atoms with Crippen molar-refractivity contribution in [3.63, 3.8) is 0 Å². The predicted molar refractivity (Wildman–Crippen MR) is 121 cm³/mol. The standard InChI is InChI=1S/C23H34N4O4/c1-5-24-23(25-15-18-21(29-3)13-17(28-2)14-22(18)30-4)26-16-19(20-9-8-12-31-20)27-10-6-7-11-27/h8-9,12-14,19H,5-7,10-11,15-16H2,1-4H3,(H2,24,25,26). The molecule has 1 aliphatic heterocycles. The molecule has 1 aliphatic rings. The van der Waals surface area contributed by atoms with Crippen molar-refractivity contribution >= 4 is 5.96 Å². The highest BCUT2D eigenvalue weighted by molar-refractivity contribution is 5.79. The summed E-state index contributed by atoms with van der Waals surface area (Å²) in [7, 11) is 4.89. The van der Waals surface area contributed by atoms with Crippen LogP contribution in [0.4, 0.5) is 0 Å². The van der Waals surface area contributed by atoms with Crippen molar-refractivity contribution in [1.29, 1.82) is 0 Å². The van der Waals surface area contributed by atoms with Gasteiger partial charge in [0.1, 0.15) is 23.0 Å². The molecule has 1 unspecified atom stereocenters. The third-order valence-corrected chi connectivity index (χ3v) is 5.47. The Labute approximate surface area is 184 Å². The average Bonchev–Trinajstić information content (AvgIpc) is 3.52. The molecule has 2 heterocycles. The van der Waals surface area contributed by atoms with Crippen molar-refractivity contribution in [3.05, 3.63) is 41.9 Å². The van der Waals surface area contributed by atoms with Gasteiger partial charge in [-0.05, 0) is 45.0 Å². The summed E-state index contributed by atoms with van der Waals surface area (Å²) >= 11 is 0. The van der Waals surface area contributed by atoms with Gasteiger partial charge in [0.2, 0.25) is 0 Å². The van der Waals surface area contributed by atoms with Gasteiger partial charge in [-0.1, -0.05) is 0 Å². The van der Waals surface area contributed by atoms with Crippen molar-refractivity contribution in [2.24, 2.45) is 4.99 Å². The minimum Gasteiger partial charge on any atom is -0.496 e. The first-order chi connectivity index (χ1) is 15.2. The Bertz CT molecular complexity index is 807. The van der Waals surface area contributed by atoms with E-state index in [1.165, 1.54) is 12.8 Å². The molecule has 3 rings (SSSR count). The Morgan fingerprint density at radius 2 is 1.81 bits per heavy atom. The maximum Gasteiger partial charge on any atom is 0.191 e. The van der Waals surface area contributed by atoms with Gasteiger partial charge in [0.05, 0.1) is 45.7 Å². The third-order valence-electron chi connectivity index (χ3n) is 5.47. The second-order valence-electron chi connectivity index (χ2n) is 7.36. The number of furan rings is 1. The van der Waals surface area contributed by atoms with Crippen LogP contribution in [0.25, 0.3) is 0 Å². The zero-order valence-electron chi connectivity index (χ0n) is 18.9. The molecule has 8 heteroatoms. The second kappa shape index (κ2) is 11.5.